The number of aromatic nitrogens is 3. The van der Waals surface area contributed by atoms with Crippen LogP contribution in [0.4, 0.5) is 5.69 Å². The number of para-hydroxylation sites is 1. The minimum Gasteiger partial charge on any atom is -0.368 e. The third-order valence-corrected chi connectivity index (χ3v) is 4.59. The van der Waals surface area contributed by atoms with E-state index in [9.17, 15) is 0 Å². The van der Waals surface area contributed by atoms with Crippen LogP contribution in [0.2, 0.25) is 0 Å². The quantitative estimate of drug-likeness (QED) is 0.673. The molecule has 7 nitrogen and oxygen atoms in total. The lowest BCUT2D eigenvalue weighted by Crippen LogP contribution is -2.52. The Kier molecular flexibility index (Phi) is 5.53. The van der Waals surface area contributed by atoms with E-state index in [0.717, 1.165) is 50.3 Å². The number of benzene rings is 1. The summed E-state index contributed by atoms with van der Waals surface area (Å²) in [4.78, 5) is 9.52. The van der Waals surface area contributed by atoms with Crippen LogP contribution < -0.4 is 10.2 Å². The summed E-state index contributed by atoms with van der Waals surface area (Å²) >= 11 is 0. The highest BCUT2D eigenvalue weighted by Crippen LogP contribution is 2.15. The fourth-order valence-electron chi connectivity index (χ4n) is 2.98. The van der Waals surface area contributed by atoms with Crippen molar-refractivity contribution >= 4 is 11.6 Å². The van der Waals surface area contributed by atoms with E-state index in [-0.39, 0.29) is 0 Å². The summed E-state index contributed by atoms with van der Waals surface area (Å²) in [6, 6.07) is 10.6. The van der Waals surface area contributed by atoms with Crippen LogP contribution in [0.5, 0.6) is 0 Å². The number of aryl methyl sites for hydroxylation is 1. The summed E-state index contributed by atoms with van der Waals surface area (Å²) in [6.07, 6.45) is 0. The first kappa shape index (κ1) is 17.3. The number of guanidine groups is 1. The van der Waals surface area contributed by atoms with Crippen molar-refractivity contribution in [2.24, 2.45) is 12.0 Å². The van der Waals surface area contributed by atoms with Crippen molar-refractivity contribution in [3.05, 3.63) is 42.0 Å². The van der Waals surface area contributed by atoms with Gasteiger partial charge in [0, 0.05) is 45.5 Å². The molecule has 0 bridgehead atoms. The van der Waals surface area contributed by atoms with E-state index >= 15 is 0 Å². The van der Waals surface area contributed by atoms with Gasteiger partial charge >= 0.3 is 0 Å². The lowest BCUT2D eigenvalue weighted by molar-refractivity contribution is 0.372. The third-order valence-electron chi connectivity index (χ3n) is 4.59. The molecule has 1 aliphatic rings. The molecule has 1 aromatic carbocycles. The minimum atomic E-state index is 0.540. The molecule has 1 fully saturated rings. The normalized spacial score (nSPS) is 15.6. The number of piperazine rings is 1. The van der Waals surface area contributed by atoms with E-state index in [1.807, 2.05) is 18.5 Å². The molecule has 0 radical (unpaired) electrons. The Labute approximate surface area is 149 Å². The van der Waals surface area contributed by atoms with Crippen LogP contribution in [-0.2, 0) is 13.6 Å². The number of anilines is 1. The van der Waals surface area contributed by atoms with Crippen molar-refractivity contribution in [3.63, 3.8) is 0 Å². The molecule has 7 heteroatoms. The zero-order valence-corrected chi connectivity index (χ0v) is 15.3. The molecule has 2 aromatic rings. The molecular formula is C18H27N7. The van der Waals surface area contributed by atoms with Crippen molar-refractivity contribution in [3.8, 4) is 0 Å². The van der Waals surface area contributed by atoms with E-state index in [1.54, 1.807) is 0 Å². The van der Waals surface area contributed by atoms with Crippen LogP contribution in [0.15, 0.2) is 35.3 Å². The van der Waals surface area contributed by atoms with E-state index in [1.165, 1.54) is 5.69 Å². The van der Waals surface area contributed by atoms with E-state index in [0.29, 0.717) is 6.54 Å². The van der Waals surface area contributed by atoms with Crippen molar-refractivity contribution in [2.45, 2.75) is 20.4 Å². The topological polar surface area (TPSA) is 61.6 Å². The summed E-state index contributed by atoms with van der Waals surface area (Å²) in [5.74, 6) is 2.75. The molecule has 1 N–H and O–H groups in total. The van der Waals surface area contributed by atoms with Gasteiger partial charge in [0.1, 0.15) is 12.4 Å². The second kappa shape index (κ2) is 8.00. The number of nitrogens with zero attached hydrogens (tertiary/aromatic N) is 6. The second-order valence-electron chi connectivity index (χ2n) is 6.20. The van der Waals surface area contributed by atoms with Crippen LogP contribution in [0, 0.1) is 6.92 Å². The van der Waals surface area contributed by atoms with Crippen molar-refractivity contribution < 1.29 is 0 Å². The first-order valence-corrected chi connectivity index (χ1v) is 8.87. The molecular weight excluding hydrogens is 314 g/mol. The fraction of sp³-hybridized carbons (Fsp3) is 0.500. The molecule has 0 spiro atoms. The second-order valence-corrected chi connectivity index (χ2v) is 6.20. The van der Waals surface area contributed by atoms with Gasteiger partial charge in [-0.05, 0) is 26.0 Å². The standard InChI is InChI=1S/C18H27N7/c1-4-19-18(20-14-17-22-21-15(2)23(17)3)25-12-10-24(11-13-25)16-8-6-5-7-9-16/h5-9H,4,10-14H2,1-3H3,(H,19,20). The molecule has 0 unspecified atom stereocenters. The van der Waals surface area contributed by atoms with Crippen LogP contribution in [0.3, 0.4) is 0 Å². The van der Waals surface area contributed by atoms with Gasteiger partial charge in [0.05, 0.1) is 0 Å². The number of aliphatic imine (C=N–C) groups is 1. The molecule has 0 aliphatic carbocycles. The Morgan fingerprint density at radius 1 is 1.12 bits per heavy atom. The molecule has 0 saturated carbocycles. The molecule has 1 aliphatic heterocycles. The Hall–Kier alpha value is -2.57. The van der Waals surface area contributed by atoms with E-state index in [2.05, 4.69) is 62.6 Å². The van der Waals surface area contributed by atoms with Gasteiger partial charge in [0.15, 0.2) is 11.8 Å². The molecule has 3 rings (SSSR count). The Bertz CT molecular complexity index is 699. The van der Waals surface area contributed by atoms with Gasteiger partial charge in [-0.15, -0.1) is 10.2 Å². The van der Waals surface area contributed by atoms with E-state index < -0.39 is 0 Å². The summed E-state index contributed by atoms with van der Waals surface area (Å²) < 4.78 is 1.99. The summed E-state index contributed by atoms with van der Waals surface area (Å²) in [5, 5.41) is 11.7. The third kappa shape index (κ3) is 4.10. The maximum Gasteiger partial charge on any atom is 0.194 e. The monoisotopic (exact) mass is 341 g/mol. The van der Waals surface area contributed by atoms with Gasteiger partial charge in [0.25, 0.3) is 0 Å². The molecule has 1 saturated heterocycles. The van der Waals surface area contributed by atoms with Crippen molar-refractivity contribution in [1.29, 1.82) is 0 Å². The van der Waals surface area contributed by atoms with E-state index in [4.69, 9.17) is 4.99 Å². The average molecular weight is 341 g/mol. The van der Waals surface area contributed by atoms with Gasteiger partial charge in [-0.3, -0.25) is 0 Å². The number of hydrogen-bond acceptors (Lipinski definition) is 4. The molecule has 0 amide bonds. The summed E-state index contributed by atoms with van der Waals surface area (Å²) in [7, 11) is 1.98. The van der Waals surface area contributed by atoms with Crippen molar-refractivity contribution in [2.75, 3.05) is 37.6 Å². The van der Waals surface area contributed by atoms with Gasteiger partial charge in [0.2, 0.25) is 0 Å². The predicted molar refractivity (Wildman–Crippen MR) is 101 cm³/mol. The van der Waals surface area contributed by atoms with Crippen LogP contribution in [0.25, 0.3) is 0 Å². The maximum atomic E-state index is 4.77. The van der Waals surface area contributed by atoms with Crippen LogP contribution >= 0.6 is 0 Å². The lowest BCUT2D eigenvalue weighted by Gasteiger charge is -2.37. The minimum absolute atomic E-state index is 0.540. The Morgan fingerprint density at radius 3 is 2.44 bits per heavy atom. The van der Waals surface area contributed by atoms with Crippen LogP contribution in [-0.4, -0.2) is 58.3 Å². The number of hydrogen-bond donors (Lipinski definition) is 1. The zero-order chi connectivity index (χ0) is 17.6. The van der Waals surface area contributed by atoms with Gasteiger partial charge in [-0.25, -0.2) is 4.99 Å². The SMILES string of the molecule is CCNC(=NCc1nnc(C)n1C)N1CCN(c2ccccc2)CC1. The Balaban J connectivity index is 1.63. The molecule has 25 heavy (non-hydrogen) atoms. The maximum absolute atomic E-state index is 4.77. The zero-order valence-electron chi connectivity index (χ0n) is 15.3. The first-order chi connectivity index (χ1) is 12.2. The molecule has 134 valence electrons. The largest absolute Gasteiger partial charge is 0.368 e. The molecule has 1 aromatic heterocycles. The molecule has 0 atom stereocenters. The van der Waals surface area contributed by atoms with Gasteiger partial charge < -0.3 is 19.7 Å². The highest BCUT2D eigenvalue weighted by Gasteiger charge is 2.19. The highest BCUT2D eigenvalue weighted by molar-refractivity contribution is 5.80. The van der Waals surface area contributed by atoms with Gasteiger partial charge in [-0.2, -0.15) is 0 Å². The number of rotatable bonds is 4. The molecule has 2 heterocycles. The smallest absolute Gasteiger partial charge is 0.194 e. The highest BCUT2D eigenvalue weighted by atomic mass is 15.4. The van der Waals surface area contributed by atoms with Gasteiger partial charge in [-0.1, -0.05) is 18.2 Å². The number of nitrogens with one attached hydrogen (secondary N) is 1. The van der Waals surface area contributed by atoms with Crippen molar-refractivity contribution in [1.82, 2.24) is 25.0 Å². The predicted octanol–water partition coefficient (Wildman–Crippen LogP) is 1.41. The van der Waals surface area contributed by atoms with Crippen LogP contribution in [0.1, 0.15) is 18.6 Å². The summed E-state index contributed by atoms with van der Waals surface area (Å²) in [5.41, 5.74) is 1.29. The average Bonchev–Trinajstić information content (AvgIpc) is 2.98. The fourth-order valence-corrected chi connectivity index (χ4v) is 2.98. The Morgan fingerprint density at radius 2 is 1.84 bits per heavy atom. The summed E-state index contributed by atoms with van der Waals surface area (Å²) in [6.45, 7) is 9.36. The first-order valence-electron chi connectivity index (χ1n) is 8.87. The lowest BCUT2D eigenvalue weighted by atomic mass is 10.2.